The molecule has 12 heteroatoms. The van der Waals surface area contributed by atoms with Gasteiger partial charge in [0.15, 0.2) is 0 Å². The number of carboxylic acids is 1. The van der Waals surface area contributed by atoms with Crippen LogP contribution in [-0.2, 0) is 14.3 Å². The van der Waals surface area contributed by atoms with Crippen molar-refractivity contribution in [2.45, 2.75) is 43.8 Å². The minimum atomic E-state index is -5.08. The van der Waals surface area contributed by atoms with Crippen molar-refractivity contribution in [3.05, 3.63) is 34.9 Å². The third-order valence-corrected chi connectivity index (χ3v) is 8.09. The van der Waals surface area contributed by atoms with Crippen molar-refractivity contribution in [3.8, 4) is 0 Å². The van der Waals surface area contributed by atoms with Crippen LogP contribution in [0.1, 0.15) is 42.5 Å². The van der Waals surface area contributed by atoms with Crippen LogP contribution in [0.15, 0.2) is 24.3 Å². The maximum Gasteiger partial charge on any atom is 0.490 e. The molecule has 0 saturated carbocycles. The SMILES string of the molecule is COCCN1CCC2(CC1)CC1(CCN(C(=O)c3cccc(Cl)c3)CC1)N(C)C2=O.O=C(O)C(F)(F)F. The van der Waals surface area contributed by atoms with Gasteiger partial charge in [-0.25, -0.2) is 4.79 Å². The summed E-state index contributed by atoms with van der Waals surface area (Å²) in [4.78, 5) is 41.5. The van der Waals surface area contributed by atoms with E-state index in [1.807, 2.05) is 29.0 Å². The summed E-state index contributed by atoms with van der Waals surface area (Å²) in [5.74, 6) is -2.42. The van der Waals surface area contributed by atoms with Crippen LogP contribution in [-0.4, -0.2) is 103 Å². The molecule has 8 nitrogen and oxygen atoms in total. The number of nitrogens with zero attached hydrogens (tertiary/aromatic N) is 3. The summed E-state index contributed by atoms with van der Waals surface area (Å²) in [6.07, 6.45) is -0.625. The molecule has 0 unspecified atom stereocenters. The molecule has 2 amide bonds. The first-order valence-electron chi connectivity index (χ1n) is 12.2. The maximum atomic E-state index is 13.3. The van der Waals surface area contributed by atoms with Gasteiger partial charge in [-0.15, -0.1) is 0 Å². The minimum absolute atomic E-state index is 0.0282. The molecule has 0 aliphatic carbocycles. The lowest BCUT2D eigenvalue weighted by Gasteiger charge is -2.44. The number of ether oxygens (including phenoxy) is 1. The number of benzene rings is 1. The van der Waals surface area contributed by atoms with Gasteiger partial charge in [-0.1, -0.05) is 17.7 Å². The van der Waals surface area contributed by atoms with Gasteiger partial charge in [0.25, 0.3) is 5.91 Å². The highest BCUT2D eigenvalue weighted by atomic mass is 35.5. The lowest BCUT2D eigenvalue weighted by Crippen LogP contribution is -2.52. The number of alkyl halides is 3. The van der Waals surface area contributed by atoms with Crippen LogP contribution in [0.3, 0.4) is 0 Å². The number of likely N-dealkylation sites (tertiary alicyclic amines) is 3. The molecular formula is C25H33ClF3N3O5. The first-order chi connectivity index (χ1) is 17.3. The van der Waals surface area contributed by atoms with E-state index in [2.05, 4.69) is 4.90 Å². The molecule has 3 heterocycles. The molecule has 2 spiro atoms. The van der Waals surface area contributed by atoms with Gasteiger partial charge in [0, 0.05) is 49.9 Å². The molecule has 3 aliphatic heterocycles. The predicted octanol–water partition coefficient (Wildman–Crippen LogP) is 3.54. The van der Waals surface area contributed by atoms with Gasteiger partial charge in [-0.2, -0.15) is 13.2 Å². The van der Waals surface area contributed by atoms with Crippen LogP contribution in [0, 0.1) is 5.41 Å². The zero-order chi connectivity index (χ0) is 27.4. The lowest BCUT2D eigenvalue weighted by atomic mass is 9.71. The molecule has 0 atom stereocenters. The van der Waals surface area contributed by atoms with E-state index in [4.69, 9.17) is 26.2 Å². The highest BCUT2D eigenvalue weighted by Crippen LogP contribution is 2.52. The van der Waals surface area contributed by atoms with Crippen LogP contribution in [0.5, 0.6) is 0 Å². The molecule has 1 aromatic carbocycles. The fourth-order valence-corrected chi connectivity index (χ4v) is 5.84. The van der Waals surface area contributed by atoms with E-state index >= 15 is 0 Å². The van der Waals surface area contributed by atoms with E-state index in [0.717, 1.165) is 58.3 Å². The van der Waals surface area contributed by atoms with Crippen molar-refractivity contribution < 1.29 is 37.4 Å². The van der Waals surface area contributed by atoms with E-state index in [1.54, 1.807) is 19.2 Å². The van der Waals surface area contributed by atoms with Gasteiger partial charge in [0.2, 0.25) is 5.91 Å². The van der Waals surface area contributed by atoms with E-state index in [-0.39, 0.29) is 16.9 Å². The number of methoxy groups -OCH3 is 1. The second-order valence-corrected chi connectivity index (χ2v) is 10.4. The first-order valence-corrected chi connectivity index (χ1v) is 12.6. The van der Waals surface area contributed by atoms with Gasteiger partial charge in [-0.3, -0.25) is 9.59 Å². The number of hydrogen-bond donors (Lipinski definition) is 1. The van der Waals surface area contributed by atoms with E-state index in [1.165, 1.54) is 0 Å². The Bertz CT molecular complexity index is 990. The Kier molecular flexibility index (Phi) is 9.13. The van der Waals surface area contributed by atoms with Gasteiger partial charge < -0.3 is 24.5 Å². The molecule has 3 saturated heterocycles. The fraction of sp³-hybridized carbons (Fsp3) is 0.640. The van der Waals surface area contributed by atoms with Crippen molar-refractivity contribution >= 4 is 29.4 Å². The molecule has 206 valence electrons. The number of halogens is 4. The third kappa shape index (κ3) is 6.56. The Morgan fingerprint density at radius 1 is 1.11 bits per heavy atom. The molecule has 3 fully saturated rings. The number of amides is 2. The number of carbonyl (C=O) groups is 3. The zero-order valence-corrected chi connectivity index (χ0v) is 21.8. The number of hydrogen-bond acceptors (Lipinski definition) is 5. The van der Waals surface area contributed by atoms with Crippen molar-refractivity contribution in [2.24, 2.45) is 5.41 Å². The number of carboxylic acid groups (broad SMARTS) is 1. The van der Waals surface area contributed by atoms with Crippen molar-refractivity contribution in [2.75, 3.05) is 53.5 Å². The van der Waals surface area contributed by atoms with Crippen molar-refractivity contribution in [1.29, 1.82) is 0 Å². The van der Waals surface area contributed by atoms with Gasteiger partial charge in [-0.05, 0) is 63.4 Å². The van der Waals surface area contributed by atoms with Crippen LogP contribution in [0.4, 0.5) is 13.2 Å². The van der Waals surface area contributed by atoms with Crippen LogP contribution < -0.4 is 0 Å². The maximum absolute atomic E-state index is 13.3. The highest BCUT2D eigenvalue weighted by molar-refractivity contribution is 6.30. The second kappa shape index (κ2) is 11.6. The Morgan fingerprint density at radius 2 is 1.70 bits per heavy atom. The quantitative estimate of drug-likeness (QED) is 0.620. The Morgan fingerprint density at radius 3 is 2.22 bits per heavy atom. The summed E-state index contributed by atoms with van der Waals surface area (Å²) in [6, 6.07) is 7.14. The molecule has 3 aliphatic rings. The molecule has 0 bridgehead atoms. The average molecular weight is 548 g/mol. The molecule has 0 aromatic heterocycles. The molecule has 1 N–H and O–H groups in total. The Balaban J connectivity index is 0.000000479. The smallest absolute Gasteiger partial charge is 0.475 e. The summed E-state index contributed by atoms with van der Waals surface area (Å²) in [6.45, 7) is 4.94. The molecule has 0 radical (unpaired) electrons. The second-order valence-electron chi connectivity index (χ2n) is 9.99. The molecule has 37 heavy (non-hydrogen) atoms. The molecule has 1 aromatic rings. The largest absolute Gasteiger partial charge is 0.490 e. The zero-order valence-electron chi connectivity index (χ0n) is 21.0. The van der Waals surface area contributed by atoms with Crippen LogP contribution in [0.2, 0.25) is 5.02 Å². The number of aliphatic carboxylic acids is 1. The normalized spacial score (nSPS) is 21.2. The topological polar surface area (TPSA) is 90.4 Å². The van der Waals surface area contributed by atoms with Gasteiger partial charge in [0.05, 0.1) is 12.0 Å². The van der Waals surface area contributed by atoms with Gasteiger partial charge in [0.1, 0.15) is 0 Å². The molecular weight excluding hydrogens is 515 g/mol. The van der Waals surface area contributed by atoms with E-state index < -0.39 is 12.1 Å². The summed E-state index contributed by atoms with van der Waals surface area (Å²) >= 11 is 6.06. The lowest BCUT2D eigenvalue weighted by molar-refractivity contribution is -0.192. The van der Waals surface area contributed by atoms with Crippen molar-refractivity contribution in [1.82, 2.24) is 14.7 Å². The minimum Gasteiger partial charge on any atom is -0.475 e. The third-order valence-electron chi connectivity index (χ3n) is 7.86. The van der Waals surface area contributed by atoms with Crippen LogP contribution >= 0.6 is 11.6 Å². The number of rotatable bonds is 4. The fourth-order valence-electron chi connectivity index (χ4n) is 5.65. The Hall–Kier alpha value is -2.37. The van der Waals surface area contributed by atoms with Crippen LogP contribution in [0.25, 0.3) is 0 Å². The summed E-state index contributed by atoms with van der Waals surface area (Å²) in [5, 5.41) is 7.70. The average Bonchev–Trinajstić information content (AvgIpc) is 3.05. The highest BCUT2D eigenvalue weighted by Gasteiger charge is 2.58. The van der Waals surface area contributed by atoms with E-state index in [0.29, 0.717) is 29.6 Å². The predicted molar refractivity (Wildman–Crippen MR) is 130 cm³/mol. The monoisotopic (exact) mass is 547 g/mol. The summed E-state index contributed by atoms with van der Waals surface area (Å²) < 4.78 is 36.9. The Labute approximate surface area is 219 Å². The van der Waals surface area contributed by atoms with E-state index in [9.17, 15) is 22.8 Å². The first kappa shape index (κ1) is 29.2. The van der Waals surface area contributed by atoms with Gasteiger partial charge >= 0.3 is 12.1 Å². The number of piperidine rings is 2. The number of carbonyl (C=O) groups excluding carboxylic acids is 2. The summed E-state index contributed by atoms with van der Waals surface area (Å²) in [5.41, 5.74) is 0.295. The van der Waals surface area contributed by atoms with Crippen molar-refractivity contribution in [3.63, 3.8) is 0 Å². The molecule has 4 rings (SSSR count). The summed E-state index contributed by atoms with van der Waals surface area (Å²) in [7, 11) is 3.71. The standard InChI is InChI=1S/C23H32ClN3O3.C2HF3O2/c1-25-21(29)22(6-10-26(11-7-22)14-15-30-2)17-23(25)8-12-27(13-9-23)20(28)18-4-3-5-19(24)16-18;3-2(4,5)1(6)7/h3-5,16H,6-15,17H2,1-2H3;(H,6,7).